The predicted octanol–water partition coefficient (Wildman–Crippen LogP) is 5.33. The summed E-state index contributed by atoms with van der Waals surface area (Å²) in [5, 5.41) is 8.83. The van der Waals surface area contributed by atoms with Crippen molar-refractivity contribution < 1.29 is 0 Å². The lowest BCUT2D eigenvalue weighted by Crippen LogP contribution is -1.72. The van der Waals surface area contributed by atoms with Gasteiger partial charge in [-0.1, -0.05) is 0 Å². The predicted molar refractivity (Wildman–Crippen MR) is 81.1 cm³/mol. The third-order valence-corrected chi connectivity index (χ3v) is 5.22. The molecule has 0 atom stereocenters. The van der Waals surface area contributed by atoms with Crippen LogP contribution in [-0.2, 0) is 0 Å². The van der Waals surface area contributed by atoms with Crippen LogP contribution in [0.3, 0.4) is 0 Å². The zero-order valence-electron chi connectivity index (χ0n) is 11.0. The molecule has 0 radical (unpaired) electrons. The van der Waals surface area contributed by atoms with Crippen molar-refractivity contribution >= 4 is 28.7 Å². The van der Waals surface area contributed by atoms with Crippen LogP contribution >= 0.6 is 22.7 Å². The highest BCUT2D eigenvalue weighted by Gasteiger charge is 2.12. The molecule has 0 unspecified atom stereocenters. The van der Waals surface area contributed by atoms with E-state index in [1.165, 1.54) is 25.8 Å². The lowest BCUT2D eigenvalue weighted by molar-refractivity contribution is 1.46. The summed E-state index contributed by atoms with van der Waals surface area (Å²) in [6, 6.07) is 6.56. The summed E-state index contributed by atoms with van der Waals surface area (Å²) >= 11 is 3.61. The van der Waals surface area contributed by atoms with E-state index in [-0.39, 0.29) is 0 Å². The number of nitrogens with zero attached hydrogens (tertiary/aromatic N) is 1. The molecule has 0 fully saturated rings. The van der Waals surface area contributed by atoms with Gasteiger partial charge in [0.15, 0.2) is 0 Å². The van der Waals surface area contributed by atoms with E-state index in [1.54, 1.807) is 11.3 Å². The van der Waals surface area contributed by atoms with E-state index in [0.717, 1.165) is 10.5 Å². The molecule has 2 aromatic heterocycles. The third-order valence-electron chi connectivity index (χ3n) is 2.72. The van der Waals surface area contributed by atoms with E-state index in [0.29, 0.717) is 0 Å². The Hall–Kier alpha value is -1.37. The van der Waals surface area contributed by atoms with Crippen LogP contribution in [0.1, 0.15) is 27.8 Å². The van der Waals surface area contributed by atoms with Gasteiger partial charge in [-0.3, -0.25) is 0 Å². The van der Waals surface area contributed by atoms with E-state index in [9.17, 15) is 0 Å². The first-order chi connectivity index (χ1) is 8.51. The second-order valence-electron chi connectivity index (χ2n) is 4.47. The summed E-state index contributed by atoms with van der Waals surface area (Å²) in [4.78, 5) is 5.21. The van der Waals surface area contributed by atoms with Crippen molar-refractivity contribution in [2.45, 2.75) is 27.7 Å². The third kappa shape index (κ3) is 2.55. The lowest BCUT2D eigenvalue weighted by atomic mass is 10.2. The average molecular weight is 273 g/mol. The smallest absolute Gasteiger partial charge is 0.0944 e. The summed E-state index contributed by atoms with van der Waals surface area (Å²) in [6.07, 6.45) is 1.96. The summed E-state index contributed by atoms with van der Waals surface area (Å²) in [5.74, 6) is 0. The molecule has 1 nitrogen and oxygen atoms in total. The number of aryl methyl sites for hydroxylation is 3. The lowest BCUT2D eigenvalue weighted by Gasteiger charge is -1.96. The second kappa shape index (κ2) is 5.09. The first-order valence-electron chi connectivity index (χ1n) is 5.77. The first kappa shape index (κ1) is 13.1. The monoisotopic (exact) mass is 273 g/mol. The van der Waals surface area contributed by atoms with E-state index in [1.807, 2.05) is 24.3 Å². The molecule has 0 saturated carbocycles. The van der Waals surface area contributed by atoms with Gasteiger partial charge in [0.05, 0.1) is 6.07 Å². The van der Waals surface area contributed by atoms with Gasteiger partial charge in [-0.25, -0.2) is 0 Å². The van der Waals surface area contributed by atoms with E-state index < -0.39 is 0 Å². The molecular formula is C15H15NS2. The maximum absolute atomic E-state index is 8.83. The number of nitriles is 1. The quantitative estimate of drug-likeness (QED) is 0.678. The van der Waals surface area contributed by atoms with E-state index >= 15 is 0 Å². The maximum Gasteiger partial charge on any atom is 0.0944 e. The van der Waals surface area contributed by atoms with Crippen molar-refractivity contribution in [2.75, 3.05) is 0 Å². The molecule has 0 N–H and O–H groups in total. The normalized spacial score (nSPS) is 11.6. The number of allylic oxidation sites excluding steroid dienone is 1. The number of hydrogen-bond donors (Lipinski definition) is 0. The Morgan fingerprint density at radius 3 is 2.28 bits per heavy atom. The Morgan fingerprint density at radius 1 is 1.11 bits per heavy atom. The summed E-state index contributed by atoms with van der Waals surface area (Å²) in [6.45, 7) is 8.29. The molecule has 3 heteroatoms. The minimum Gasteiger partial charge on any atom is -0.193 e. The highest BCUT2D eigenvalue weighted by molar-refractivity contribution is 7.22. The van der Waals surface area contributed by atoms with Crippen molar-refractivity contribution in [2.24, 2.45) is 0 Å². The summed E-state index contributed by atoms with van der Waals surface area (Å²) < 4.78 is 0. The van der Waals surface area contributed by atoms with Crippen LogP contribution in [-0.4, -0.2) is 0 Å². The largest absolute Gasteiger partial charge is 0.193 e. The van der Waals surface area contributed by atoms with E-state index in [4.69, 9.17) is 5.26 Å². The molecule has 92 valence electrons. The van der Waals surface area contributed by atoms with Crippen molar-refractivity contribution in [3.8, 4) is 15.8 Å². The molecule has 0 aliphatic rings. The summed E-state index contributed by atoms with van der Waals surface area (Å²) in [5.41, 5.74) is 3.39. The Balaban J connectivity index is 2.48. The highest BCUT2D eigenvalue weighted by atomic mass is 32.1. The van der Waals surface area contributed by atoms with Crippen LogP contribution in [0.25, 0.3) is 15.8 Å². The zero-order chi connectivity index (χ0) is 13.3. The Labute approximate surface area is 116 Å². The zero-order valence-corrected chi connectivity index (χ0v) is 12.6. The SMILES string of the molecule is CC(C#N)=Cc1cc(C)c(-c2sc(C)cc2C)s1. The summed E-state index contributed by atoms with van der Waals surface area (Å²) in [7, 11) is 0. The molecule has 0 spiro atoms. The Morgan fingerprint density at radius 2 is 1.72 bits per heavy atom. The van der Waals surface area contributed by atoms with Crippen LogP contribution in [0.5, 0.6) is 0 Å². The molecule has 0 aliphatic carbocycles. The fraction of sp³-hybridized carbons (Fsp3) is 0.267. The molecule has 2 rings (SSSR count). The van der Waals surface area contributed by atoms with Gasteiger partial charge in [0.2, 0.25) is 0 Å². The van der Waals surface area contributed by atoms with Crippen molar-refractivity contribution in [1.82, 2.24) is 0 Å². The highest BCUT2D eigenvalue weighted by Crippen LogP contribution is 2.39. The van der Waals surface area contributed by atoms with E-state index in [2.05, 4.69) is 39.0 Å². The molecule has 0 amide bonds. The molecule has 2 aromatic rings. The number of hydrogen-bond acceptors (Lipinski definition) is 3. The van der Waals surface area contributed by atoms with Crippen LogP contribution in [0.15, 0.2) is 17.7 Å². The molecule has 0 aromatic carbocycles. The van der Waals surface area contributed by atoms with Crippen LogP contribution in [0.2, 0.25) is 0 Å². The average Bonchev–Trinajstić information content (AvgIpc) is 2.81. The second-order valence-corrected chi connectivity index (χ2v) is 6.81. The standard InChI is InChI=1S/C15H15NS2/c1-9(8-16)5-13-7-11(3)15(18-13)14-10(2)6-12(4)17-14/h5-7H,1-4H3. The Kier molecular flexibility index (Phi) is 3.70. The van der Waals surface area contributed by atoms with Gasteiger partial charge in [-0.2, -0.15) is 5.26 Å². The minimum absolute atomic E-state index is 0.752. The van der Waals surface area contributed by atoms with Crippen molar-refractivity contribution in [3.63, 3.8) is 0 Å². The van der Waals surface area contributed by atoms with Crippen LogP contribution < -0.4 is 0 Å². The van der Waals surface area contributed by atoms with Crippen molar-refractivity contribution in [1.29, 1.82) is 5.26 Å². The van der Waals surface area contributed by atoms with Gasteiger partial charge in [0, 0.05) is 25.1 Å². The van der Waals surface area contributed by atoms with Crippen molar-refractivity contribution in [3.05, 3.63) is 38.6 Å². The molecule has 2 heterocycles. The minimum atomic E-state index is 0.752. The van der Waals surface area contributed by atoms with Gasteiger partial charge in [-0.05, 0) is 57.0 Å². The number of thiophene rings is 2. The van der Waals surface area contributed by atoms with Gasteiger partial charge >= 0.3 is 0 Å². The molecule has 0 bridgehead atoms. The maximum atomic E-state index is 8.83. The van der Waals surface area contributed by atoms with Gasteiger partial charge < -0.3 is 0 Å². The molecular weight excluding hydrogens is 258 g/mol. The first-order valence-corrected chi connectivity index (χ1v) is 7.41. The molecule has 0 aliphatic heterocycles. The molecule has 18 heavy (non-hydrogen) atoms. The number of rotatable bonds is 2. The fourth-order valence-corrected chi connectivity index (χ4v) is 4.38. The van der Waals surface area contributed by atoms with Crippen LogP contribution in [0.4, 0.5) is 0 Å². The van der Waals surface area contributed by atoms with Gasteiger partial charge in [-0.15, -0.1) is 22.7 Å². The molecule has 0 saturated heterocycles. The Bertz CT molecular complexity index is 651. The van der Waals surface area contributed by atoms with Gasteiger partial charge in [0.1, 0.15) is 0 Å². The fourth-order valence-electron chi connectivity index (χ4n) is 1.92. The van der Waals surface area contributed by atoms with Crippen LogP contribution in [0, 0.1) is 32.1 Å². The van der Waals surface area contributed by atoms with Gasteiger partial charge in [0.25, 0.3) is 0 Å². The topological polar surface area (TPSA) is 23.8 Å².